The van der Waals surface area contributed by atoms with Gasteiger partial charge in [-0.1, -0.05) is 6.07 Å². The summed E-state index contributed by atoms with van der Waals surface area (Å²) in [6.45, 7) is 1.97. The smallest absolute Gasteiger partial charge is 0.226 e. The second-order valence-electron chi connectivity index (χ2n) is 4.28. The number of rotatable bonds is 6. The zero-order valence-electron chi connectivity index (χ0n) is 10.6. The van der Waals surface area contributed by atoms with Crippen LogP contribution in [0.15, 0.2) is 22.9 Å². The van der Waals surface area contributed by atoms with Gasteiger partial charge in [-0.25, -0.2) is 4.98 Å². The van der Waals surface area contributed by atoms with Crippen molar-refractivity contribution in [3.63, 3.8) is 0 Å². The van der Waals surface area contributed by atoms with E-state index < -0.39 is 0 Å². The van der Waals surface area contributed by atoms with Crippen LogP contribution >= 0.6 is 22.7 Å². The number of nitrogens with one attached hydrogen (secondary N) is 1. The Morgan fingerprint density at radius 3 is 3.05 bits per heavy atom. The molecule has 2 aromatic heterocycles. The maximum Gasteiger partial charge on any atom is 0.226 e. The summed E-state index contributed by atoms with van der Waals surface area (Å²) in [5.74, 6) is -0.0519. The van der Waals surface area contributed by atoms with E-state index in [1.807, 2.05) is 29.8 Å². The predicted molar refractivity (Wildman–Crippen MR) is 78.4 cm³/mol. The van der Waals surface area contributed by atoms with E-state index in [0.29, 0.717) is 6.42 Å². The van der Waals surface area contributed by atoms with E-state index in [0.717, 1.165) is 15.6 Å². The van der Waals surface area contributed by atoms with Crippen LogP contribution in [0.1, 0.15) is 19.0 Å². The molecule has 4 nitrogen and oxygen atoms in total. The number of carbonyl (C=O) groups excluding carboxylic acids is 1. The Kier molecular flexibility index (Phi) is 5.07. The molecule has 0 radical (unpaired) electrons. The first-order chi connectivity index (χ1) is 9.19. The number of thiophene rings is 1. The van der Waals surface area contributed by atoms with Crippen molar-refractivity contribution in [3.8, 4) is 9.88 Å². The minimum absolute atomic E-state index is 0.00657. The van der Waals surface area contributed by atoms with Gasteiger partial charge in [0.05, 0.1) is 17.0 Å². The molecule has 19 heavy (non-hydrogen) atoms. The highest BCUT2D eigenvalue weighted by Crippen LogP contribution is 2.27. The van der Waals surface area contributed by atoms with Gasteiger partial charge in [0.2, 0.25) is 5.91 Å². The van der Waals surface area contributed by atoms with Crippen molar-refractivity contribution < 1.29 is 9.90 Å². The van der Waals surface area contributed by atoms with E-state index >= 15 is 0 Å². The molecule has 0 fully saturated rings. The number of nitrogens with zero attached hydrogens (tertiary/aromatic N) is 1. The molecule has 2 rings (SSSR count). The fourth-order valence-electron chi connectivity index (χ4n) is 1.66. The summed E-state index contributed by atoms with van der Waals surface area (Å²) in [5.41, 5.74) is 0.794. The van der Waals surface area contributed by atoms with Gasteiger partial charge < -0.3 is 10.4 Å². The zero-order chi connectivity index (χ0) is 13.7. The van der Waals surface area contributed by atoms with Gasteiger partial charge in [0.1, 0.15) is 5.01 Å². The first-order valence-corrected chi connectivity index (χ1v) is 7.83. The third-order valence-electron chi connectivity index (χ3n) is 2.59. The number of amides is 1. The summed E-state index contributed by atoms with van der Waals surface area (Å²) in [6, 6.07) is 4.01. The third-order valence-corrected chi connectivity index (χ3v) is 4.53. The SMILES string of the molecule is CC(CCO)NC(=O)Cc1csc(-c2cccs2)n1. The summed E-state index contributed by atoms with van der Waals surface area (Å²) in [7, 11) is 0. The second-order valence-corrected chi connectivity index (χ2v) is 6.08. The monoisotopic (exact) mass is 296 g/mol. The number of hydrogen-bond acceptors (Lipinski definition) is 5. The van der Waals surface area contributed by atoms with Crippen molar-refractivity contribution in [2.45, 2.75) is 25.8 Å². The molecular formula is C13H16N2O2S2. The molecule has 1 amide bonds. The number of aliphatic hydroxyl groups excluding tert-OH is 1. The Hall–Kier alpha value is -1.24. The topological polar surface area (TPSA) is 62.2 Å². The fourth-order valence-corrected chi connectivity index (χ4v) is 3.29. The Labute approximate surface area is 120 Å². The summed E-state index contributed by atoms with van der Waals surface area (Å²) in [6.07, 6.45) is 0.862. The quantitative estimate of drug-likeness (QED) is 0.860. The van der Waals surface area contributed by atoms with Gasteiger partial charge in [-0.2, -0.15) is 0 Å². The summed E-state index contributed by atoms with van der Waals surface area (Å²) < 4.78 is 0. The number of carbonyl (C=O) groups is 1. The van der Waals surface area contributed by atoms with Gasteiger partial charge in [-0.05, 0) is 24.8 Å². The molecule has 0 aromatic carbocycles. The predicted octanol–water partition coefficient (Wildman–Crippen LogP) is 2.30. The van der Waals surface area contributed by atoms with Crippen LogP contribution in [0.25, 0.3) is 9.88 Å². The van der Waals surface area contributed by atoms with Crippen molar-refractivity contribution in [1.29, 1.82) is 0 Å². The molecule has 0 spiro atoms. The van der Waals surface area contributed by atoms with Gasteiger partial charge in [0.25, 0.3) is 0 Å². The van der Waals surface area contributed by atoms with Crippen molar-refractivity contribution >= 4 is 28.6 Å². The minimum atomic E-state index is -0.0519. The molecular weight excluding hydrogens is 280 g/mol. The number of thiazole rings is 1. The number of aromatic nitrogens is 1. The molecule has 2 heterocycles. The molecule has 0 saturated heterocycles. The van der Waals surface area contributed by atoms with Gasteiger partial charge in [-0.3, -0.25) is 4.79 Å². The van der Waals surface area contributed by atoms with Crippen LogP contribution in [0.4, 0.5) is 0 Å². The Morgan fingerprint density at radius 2 is 2.37 bits per heavy atom. The average molecular weight is 296 g/mol. The molecule has 102 valence electrons. The first kappa shape index (κ1) is 14.2. The van der Waals surface area contributed by atoms with Crippen molar-refractivity contribution in [1.82, 2.24) is 10.3 Å². The zero-order valence-corrected chi connectivity index (χ0v) is 12.3. The van der Waals surface area contributed by atoms with Crippen LogP contribution in [-0.4, -0.2) is 28.6 Å². The van der Waals surface area contributed by atoms with Gasteiger partial charge in [-0.15, -0.1) is 22.7 Å². The largest absolute Gasteiger partial charge is 0.396 e. The van der Waals surface area contributed by atoms with E-state index in [1.165, 1.54) is 0 Å². The molecule has 2 aromatic rings. The molecule has 2 N–H and O–H groups in total. The maximum absolute atomic E-state index is 11.8. The first-order valence-electron chi connectivity index (χ1n) is 6.07. The average Bonchev–Trinajstić information content (AvgIpc) is 2.98. The molecule has 1 atom stereocenters. The number of aliphatic hydroxyl groups is 1. The lowest BCUT2D eigenvalue weighted by Gasteiger charge is -2.11. The van der Waals surface area contributed by atoms with Crippen LogP contribution in [0, 0.1) is 0 Å². The second kappa shape index (κ2) is 6.79. The fraction of sp³-hybridized carbons (Fsp3) is 0.385. The Bertz CT molecular complexity index is 522. The molecule has 0 aliphatic rings. The maximum atomic E-state index is 11.8. The van der Waals surface area contributed by atoms with E-state index in [4.69, 9.17) is 5.11 Å². The summed E-state index contributed by atoms with van der Waals surface area (Å²) in [4.78, 5) is 17.4. The molecule has 0 aliphatic heterocycles. The molecule has 0 bridgehead atoms. The molecule has 0 saturated carbocycles. The van der Waals surface area contributed by atoms with E-state index in [-0.39, 0.29) is 25.0 Å². The molecule has 0 aliphatic carbocycles. The standard InChI is InChI=1S/C13H16N2O2S2/c1-9(4-5-16)14-12(17)7-10-8-19-13(15-10)11-3-2-6-18-11/h2-3,6,8-9,16H,4-5,7H2,1H3,(H,14,17). The van der Waals surface area contributed by atoms with Crippen LogP contribution in [0.2, 0.25) is 0 Å². The van der Waals surface area contributed by atoms with Crippen LogP contribution in [-0.2, 0) is 11.2 Å². The lowest BCUT2D eigenvalue weighted by atomic mass is 10.2. The van der Waals surface area contributed by atoms with Crippen LogP contribution in [0.5, 0.6) is 0 Å². The molecule has 6 heteroatoms. The van der Waals surface area contributed by atoms with Gasteiger partial charge in [0.15, 0.2) is 0 Å². The normalized spacial score (nSPS) is 12.3. The summed E-state index contributed by atoms with van der Waals surface area (Å²) in [5, 5.41) is 16.5. The van der Waals surface area contributed by atoms with Gasteiger partial charge >= 0.3 is 0 Å². The van der Waals surface area contributed by atoms with Crippen molar-refractivity contribution in [3.05, 3.63) is 28.6 Å². The highest BCUT2D eigenvalue weighted by molar-refractivity contribution is 7.20. The van der Waals surface area contributed by atoms with Crippen molar-refractivity contribution in [2.24, 2.45) is 0 Å². The van der Waals surface area contributed by atoms with E-state index in [1.54, 1.807) is 22.7 Å². The Morgan fingerprint density at radius 1 is 1.53 bits per heavy atom. The minimum Gasteiger partial charge on any atom is -0.396 e. The van der Waals surface area contributed by atoms with E-state index in [9.17, 15) is 4.79 Å². The highest BCUT2D eigenvalue weighted by Gasteiger charge is 2.11. The lowest BCUT2D eigenvalue weighted by molar-refractivity contribution is -0.121. The van der Waals surface area contributed by atoms with E-state index in [2.05, 4.69) is 10.3 Å². The number of hydrogen-bond donors (Lipinski definition) is 2. The van der Waals surface area contributed by atoms with Crippen LogP contribution < -0.4 is 5.32 Å². The molecule has 1 unspecified atom stereocenters. The van der Waals surface area contributed by atoms with Crippen LogP contribution in [0.3, 0.4) is 0 Å². The third kappa shape index (κ3) is 4.12. The highest BCUT2D eigenvalue weighted by atomic mass is 32.1. The van der Waals surface area contributed by atoms with Gasteiger partial charge in [0, 0.05) is 18.0 Å². The Balaban J connectivity index is 1.91. The summed E-state index contributed by atoms with van der Waals surface area (Å²) >= 11 is 3.20. The van der Waals surface area contributed by atoms with Crippen molar-refractivity contribution in [2.75, 3.05) is 6.61 Å². The lowest BCUT2D eigenvalue weighted by Crippen LogP contribution is -2.34.